The Morgan fingerprint density at radius 2 is 1.93 bits per heavy atom. The largest absolute Gasteiger partial charge is 0.496 e. The summed E-state index contributed by atoms with van der Waals surface area (Å²) in [5.74, 6) is 3.07. The SMILES string of the molecule is COc1ccccc1C[C@@H](C)N[C@H](c1nc(C(C)C)no1)C1CCOCC1. The van der Waals surface area contributed by atoms with E-state index >= 15 is 0 Å². The smallest absolute Gasteiger partial charge is 0.244 e. The molecule has 2 atom stereocenters. The van der Waals surface area contributed by atoms with E-state index in [1.54, 1.807) is 7.11 Å². The van der Waals surface area contributed by atoms with Crippen molar-refractivity contribution in [3.8, 4) is 5.75 Å². The van der Waals surface area contributed by atoms with Crippen LogP contribution >= 0.6 is 0 Å². The summed E-state index contributed by atoms with van der Waals surface area (Å²) in [5, 5.41) is 7.92. The molecule has 0 amide bonds. The van der Waals surface area contributed by atoms with Crippen molar-refractivity contribution in [3.05, 3.63) is 41.5 Å². The number of aromatic nitrogens is 2. The molecule has 1 N–H and O–H groups in total. The number of hydrogen-bond donors (Lipinski definition) is 1. The second-order valence-corrected chi connectivity index (χ2v) is 7.66. The lowest BCUT2D eigenvalue weighted by Crippen LogP contribution is -2.38. The molecule has 0 unspecified atom stereocenters. The van der Waals surface area contributed by atoms with E-state index in [0.29, 0.717) is 11.8 Å². The van der Waals surface area contributed by atoms with Gasteiger partial charge in [-0.1, -0.05) is 37.2 Å². The highest BCUT2D eigenvalue weighted by Crippen LogP contribution is 2.31. The van der Waals surface area contributed by atoms with E-state index in [-0.39, 0.29) is 18.0 Å². The minimum Gasteiger partial charge on any atom is -0.496 e. The lowest BCUT2D eigenvalue weighted by Gasteiger charge is -2.31. The van der Waals surface area contributed by atoms with Crippen LogP contribution in [0.15, 0.2) is 28.8 Å². The molecule has 1 aliphatic rings. The first-order chi connectivity index (χ1) is 13.1. The van der Waals surface area contributed by atoms with Gasteiger partial charge in [-0.25, -0.2) is 0 Å². The number of hydrogen-bond acceptors (Lipinski definition) is 6. The monoisotopic (exact) mass is 373 g/mol. The topological polar surface area (TPSA) is 69.4 Å². The highest BCUT2D eigenvalue weighted by molar-refractivity contribution is 5.33. The Kier molecular flexibility index (Phi) is 6.85. The van der Waals surface area contributed by atoms with Crippen LogP contribution in [0.3, 0.4) is 0 Å². The van der Waals surface area contributed by atoms with E-state index in [1.807, 2.05) is 18.2 Å². The van der Waals surface area contributed by atoms with Gasteiger partial charge in [0.25, 0.3) is 0 Å². The van der Waals surface area contributed by atoms with Gasteiger partial charge in [-0.05, 0) is 43.7 Å². The van der Waals surface area contributed by atoms with Crippen LogP contribution < -0.4 is 10.1 Å². The zero-order valence-corrected chi connectivity index (χ0v) is 16.8. The van der Waals surface area contributed by atoms with Crippen LogP contribution in [0.25, 0.3) is 0 Å². The number of para-hydroxylation sites is 1. The Morgan fingerprint density at radius 1 is 1.19 bits per heavy atom. The second kappa shape index (κ2) is 9.33. The van der Waals surface area contributed by atoms with Crippen LogP contribution in [-0.2, 0) is 11.2 Å². The Hall–Kier alpha value is -1.92. The van der Waals surface area contributed by atoms with Gasteiger partial charge >= 0.3 is 0 Å². The first-order valence-electron chi connectivity index (χ1n) is 9.87. The molecule has 0 aliphatic carbocycles. The molecule has 2 heterocycles. The maximum absolute atomic E-state index is 5.65. The third-order valence-corrected chi connectivity index (χ3v) is 5.16. The fourth-order valence-corrected chi connectivity index (χ4v) is 3.63. The standard InChI is InChI=1S/C21H31N3O3/c1-14(2)20-23-21(27-24-20)19(16-9-11-26-12-10-16)22-15(3)13-17-7-5-6-8-18(17)25-4/h5-8,14-16,19,22H,9-13H2,1-4H3/t15-,19+/m1/s1. The summed E-state index contributed by atoms with van der Waals surface area (Å²) in [4.78, 5) is 4.67. The Labute approximate surface area is 161 Å². The quantitative estimate of drug-likeness (QED) is 0.757. The molecule has 0 saturated carbocycles. The Balaban J connectivity index is 1.75. The number of benzene rings is 1. The molecule has 148 valence electrons. The summed E-state index contributed by atoms with van der Waals surface area (Å²) >= 11 is 0. The highest BCUT2D eigenvalue weighted by Gasteiger charge is 2.31. The Bertz CT molecular complexity index is 710. The first-order valence-corrected chi connectivity index (χ1v) is 9.87. The summed E-state index contributed by atoms with van der Waals surface area (Å²) in [6, 6.07) is 8.45. The predicted octanol–water partition coefficient (Wildman–Crippen LogP) is 3.89. The average molecular weight is 373 g/mol. The highest BCUT2D eigenvalue weighted by atomic mass is 16.5. The molecule has 2 aromatic rings. The number of rotatable bonds is 8. The number of nitrogens with one attached hydrogen (secondary N) is 1. The maximum Gasteiger partial charge on any atom is 0.244 e. The summed E-state index contributed by atoms with van der Waals surface area (Å²) in [6.07, 6.45) is 2.87. The molecule has 1 fully saturated rings. The van der Waals surface area contributed by atoms with Crippen molar-refractivity contribution < 1.29 is 14.0 Å². The van der Waals surface area contributed by atoms with Crippen LogP contribution in [-0.4, -0.2) is 36.5 Å². The zero-order chi connectivity index (χ0) is 19.2. The summed E-state index contributed by atoms with van der Waals surface area (Å²) in [6.45, 7) is 7.92. The van der Waals surface area contributed by atoms with Crippen LogP contribution in [0.5, 0.6) is 5.75 Å². The molecule has 6 heteroatoms. The molecule has 0 radical (unpaired) electrons. The summed E-state index contributed by atoms with van der Waals surface area (Å²) in [7, 11) is 1.72. The van der Waals surface area contributed by atoms with Crippen molar-refractivity contribution in [3.63, 3.8) is 0 Å². The van der Waals surface area contributed by atoms with Crippen molar-refractivity contribution in [2.24, 2.45) is 5.92 Å². The van der Waals surface area contributed by atoms with Crippen molar-refractivity contribution >= 4 is 0 Å². The lowest BCUT2D eigenvalue weighted by molar-refractivity contribution is 0.0471. The van der Waals surface area contributed by atoms with E-state index in [1.165, 1.54) is 5.56 Å². The van der Waals surface area contributed by atoms with E-state index in [2.05, 4.69) is 42.3 Å². The molecule has 1 aromatic carbocycles. The molecule has 1 aliphatic heterocycles. The van der Waals surface area contributed by atoms with Gasteiger partial charge in [0.2, 0.25) is 5.89 Å². The number of ether oxygens (including phenoxy) is 2. The normalized spacial score (nSPS) is 17.8. The molecule has 1 aromatic heterocycles. The van der Waals surface area contributed by atoms with Gasteiger partial charge in [-0.3, -0.25) is 0 Å². The molecule has 1 saturated heterocycles. The molecular formula is C21H31N3O3. The third-order valence-electron chi connectivity index (χ3n) is 5.16. The predicted molar refractivity (Wildman–Crippen MR) is 104 cm³/mol. The number of nitrogens with zero attached hydrogens (tertiary/aromatic N) is 2. The van der Waals surface area contributed by atoms with Crippen molar-refractivity contribution in [2.45, 2.75) is 58.0 Å². The van der Waals surface area contributed by atoms with Crippen LogP contribution in [0.2, 0.25) is 0 Å². The maximum atomic E-state index is 5.65. The van der Waals surface area contributed by atoms with Crippen LogP contribution in [0, 0.1) is 5.92 Å². The summed E-state index contributed by atoms with van der Waals surface area (Å²) in [5.41, 5.74) is 1.19. The first kappa shape index (κ1) is 19.8. The summed E-state index contributed by atoms with van der Waals surface area (Å²) < 4.78 is 16.7. The minimum absolute atomic E-state index is 0.0404. The fourth-order valence-electron chi connectivity index (χ4n) is 3.63. The van der Waals surface area contributed by atoms with Crippen LogP contribution in [0.4, 0.5) is 0 Å². The molecule has 0 spiro atoms. The van der Waals surface area contributed by atoms with E-state index < -0.39 is 0 Å². The van der Waals surface area contributed by atoms with E-state index in [4.69, 9.17) is 14.0 Å². The van der Waals surface area contributed by atoms with Gasteiger partial charge < -0.3 is 19.3 Å². The molecule has 3 rings (SSSR count). The zero-order valence-electron chi connectivity index (χ0n) is 16.8. The van der Waals surface area contributed by atoms with Crippen molar-refractivity contribution in [1.82, 2.24) is 15.5 Å². The van der Waals surface area contributed by atoms with Crippen LogP contribution in [0.1, 0.15) is 62.9 Å². The molecule has 6 nitrogen and oxygen atoms in total. The fraction of sp³-hybridized carbons (Fsp3) is 0.619. The lowest BCUT2D eigenvalue weighted by atomic mass is 9.90. The van der Waals surface area contributed by atoms with Gasteiger partial charge in [0.1, 0.15) is 5.75 Å². The molecule has 0 bridgehead atoms. The third kappa shape index (κ3) is 5.08. The van der Waals surface area contributed by atoms with Gasteiger partial charge in [0, 0.05) is 25.2 Å². The Morgan fingerprint density at radius 3 is 2.59 bits per heavy atom. The van der Waals surface area contributed by atoms with Gasteiger partial charge in [-0.15, -0.1) is 0 Å². The van der Waals surface area contributed by atoms with E-state index in [9.17, 15) is 0 Å². The molecular weight excluding hydrogens is 342 g/mol. The van der Waals surface area contributed by atoms with Crippen molar-refractivity contribution in [1.29, 1.82) is 0 Å². The second-order valence-electron chi connectivity index (χ2n) is 7.66. The van der Waals surface area contributed by atoms with Gasteiger partial charge in [-0.2, -0.15) is 4.98 Å². The van der Waals surface area contributed by atoms with Crippen molar-refractivity contribution in [2.75, 3.05) is 20.3 Å². The van der Waals surface area contributed by atoms with Gasteiger partial charge in [0.15, 0.2) is 5.82 Å². The van der Waals surface area contributed by atoms with E-state index in [0.717, 1.165) is 44.1 Å². The average Bonchev–Trinajstić information content (AvgIpc) is 3.17. The molecule has 27 heavy (non-hydrogen) atoms. The minimum atomic E-state index is 0.0404. The van der Waals surface area contributed by atoms with Gasteiger partial charge in [0.05, 0.1) is 13.2 Å². The number of methoxy groups -OCH3 is 1.